The predicted molar refractivity (Wildman–Crippen MR) is 115 cm³/mol. The fourth-order valence-corrected chi connectivity index (χ4v) is 5.59. The largest absolute Gasteiger partial charge is 0.477 e. The Kier molecular flexibility index (Phi) is 4.75. The number of nitrogens with one attached hydrogen (secondary N) is 1. The highest BCUT2D eigenvalue weighted by Gasteiger charge is 2.37. The maximum absolute atomic E-state index is 15.1. The van der Waals surface area contributed by atoms with Gasteiger partial charge in [0.05, 0.1) is 16.2 Å². The molecular formula is C22H19F2N3O3S. The van der Waals surface area contributed by atoms with Crippen molar-refractivity contribution in [2.45, 2.75) is 23.4 Å². The van der Waals surface area contributed by atoms with Crippen molar-refractivity contribution in [3.8, 4) is 0 Å². The van der Waals surface area contributed by atoms with Crippen LogP contribution < -0.4 is 15.6 Å². The van der Waals surface area contributed by atoms with E-state index in [0.717, 1.165) is 11.6 Å². The number of nitrogens with zero attached hydrogens (tertiary/aromatic N) is 2. The predicted octanol–water partition coefficient (Wildman–Crippen LogP) is 3.43. The Morgan fingerprint density at radius 3 is 2.65 bits per heavy atom. The molecule has 0 amide bonds. The molecule has 2 atom stereocenters. The van der Waals surface area contributed by atoms with Gasteiger partial charge in [-0.25, -0.2) is 13.6 Å². The van der Waals surface area contributed by atoms with Crippen molar-refractivity contribution in [2.75, 3.05) is 24.5 Å². The van der Waals surface area contributed by atoms with Crippen LogP contribution in [0.2, 0.25) is 0 Å². The molecule has 9 heteroatoms. The number of fused-ring (bicyclic) bond motifs is 3. The molecule has 6 nitrogen and oxygen atoms in total. The second-order valence-corrected chi connectivity index (χ2v) is 8.84. The number of hydrogen-bond donors (Lipinski definition) is 2. The Hall–Kier alpha value is -2.91. The summed E-state index contributed by atoms with van der Waals surface area (Å²) in [4.78, 5) is 26.7. The van der Waals surface area contributed by atoms with E-state index >= 15 is 4.39 Å². The van der Waals surface area contributed by atoms with E-state index in [2.05, 4.69) is 5.32 Å². The van der Waals surface area contributed by atoms with Crippen molar-refractivity contribution in [1.82, 2.24) is 9.88 Å². The first kappa shape index (κ1) is 20.0. The van der Waals surface area contributed by atoms with Gasteiger partial charge in [0.15, 0.2) is 0 Å². The average molecular weight is 443 g/mol. The number of carbonyl (C=O) groups is 1. The summed E-state index contributed by atoms with van der Waals surface area (Å²) in [6.07, 6.45) is 0. The molecule has 1 aromatic heterocycles. The van der Waals surface area contributed by atoms with E-state index in [4.69, 9.17) is 0 Å². The smallest absolute Gasteiger partial charge is 0.342 e. The van der Waals surface area contributed by atoms with Crippen molar-refractivity contribution in [1.29, 1.82) is 0 Å². The second kappa shape index (κ2) is 7.35. The third-order valence-electron chi connectivity index (χ3n) is 5.87. The molecule has 2 aliphatic heterocycles. The molecule has 3 heterocycles. The molecular weight excluding hydrogens is 424 g/mol. The third-order valence-corrected chi connectivity index (χ3v) is 7.20. The number of aromatic nitrogens is 1. The van der Waals surface area contributed by atoms with Crippen LogP contribution in [0, 0.1) is 11.6 Å². The maximum Gasteiger partial charge on any atom is 0.342 e. The molecule has 1 fully saturated rings. The van der Waals surface area contributed by atoms with E-state index in [9.17, 15) is 19.1 Å². The van der Waals surface area contributed by atoms with Crippen LogP contribution in [0.25, 0.3) is 10.9 Å². The summed E-state index contributed by atoms with van der Waals surface area (Å²) in [6.45, 7) is 4.03. The Labute approximate surface area is 180 Å². The lowest BCUT2D eigenvalue weighted by Gasteiger charge is -2.38. The minimum atomic E-state index is -1.35. The molecule has 2 unspecified atom stereocenters. The van der Waals surface area contributed by atoms with Gasteiger partial charge in [-0.15, -0.1) is 0 Å². The summed E-state index contributed by atoms with van der Waals surface area (Å²) in [5, 5.41) is 12.9. The zero-order valence-corrected chi connectivity index (χ0v) is 17.4. The van der Waals surface area contributed by atoms with Gasteiger partial charge in [-0.3, -0.25) is 4.79 Å². The Balaban J connectivity index is 1.76. The first-order chi connectivity index (χ1) is 14.9. The van der Waals surface area contributed by atoms with Gasteiger partial charge in [0.1, 0.15) is 22.6 Å². The number of aromatic carboxylic acids is 1. The van der Waals surface area contributed by atoms with Crippen LogP contribution in [0.15, 0.2) is 46.2 Å². The number of anilines is 1. The van der Waals surface area contributed by atoms with E-state index in [1.54, 1.807) is 22.8 Å². The fourth-order valence-electron chi connectivity index (χ4n) is 4.30. The monoisotopic (exact) mass is 443 g/mol. The number of thioether (sulfide) groups is 1. The fraction of sp³-hybridized carbons (Fsp3) is 0.273. The van der Waals surface area contributed by atoms with Crippen LogP contribution in [0.4, 0.5) is 14.5 Å². The summed E-state index contributed by atoms with van der Waals surface area (Å²) >= 11 is 1.23. The zero-order valence-electron chi connectivity index (χ0n) is 16.6. The highest BCUT2D eigenvalue weighted by atomic mass is 32.2. The summed E-state index contributed by atoms with van der Waals surface area (Å²) in [6, 6.07) is 8.77. The number of carboxylic acid groups (broad SMARTS) is 1. The number of piperazine rings is 1. The number of pyridine rings is 1. The van der Waals surface area contributed by atoms with E-state index in [-0.39, 0.29) is 28.2 Å². The summed E-state index contributed by atoms with van der Waals surface area (Å²) in [7, 11) is 0. The normalized spacial score (nSPS) is 20.4. The lowest BCUT2D eigenvalue weighted by atomic mass is 10.1. The molecule has 3 aromatic rings. The van der Waals surface area contributed by atoms with Gasteiger partial charge < -0.3 is 19.9 Å². The highest BCUT2D eigenvalue weighted by Crippen LogP contribution is 2.50. The number of hydrogen-bond acceptors (Lipinski definition) is 5. The second-order valence-electron chi connectivity index (χ2n) is 7.77. The summed E-state index contributed by atoms with van der Waals surface area (Å²) < 4.78 is 30.2. The summed E-state index contributed by atoms with van der Waals surface area (Å²) in [5.74, 6) is -2.28. The standard InChI is InChI=1S/C22H19F2N3O3S/c1-11-10-25-6-7-26(11)17-9-16-14(8-15(17)24)19(28)18(22(29)30)21-27(16)20(31-21)12-2-4-13(23)5-3-12/h2-5,8-9,11,20,25H,6-7,10H2,1H3,(H,29,30). The van der Waals surface area contributed by atoms with Gasteiger partial charge in [-0.2, -0.15) is 0 Å². The first-order valence-corrected chi connectivity index (χ1v) is 10.8. The van der Waals surface area contributed by atoms with Crippen LogP contribution in [0.5, 0.6) is 0 Å². The highest BCUT2D eigenvalue weighted by molar-refractivity contribution is 8.00. The first-order valence-electron chi connectivity index (χ1n) is 9.91. The van der Waals surface area contributed by atoms with Crippen LogP contribution in [0.3, 0.4) is 0 Å². The molecule has 31 heavy (non-hydrogen) atoms. The minimum absolute atomic E-state index is 0.0256. The van der Waals surface area contributed by atoms with Crippen molar-refractivity contribution in [3.05, 3.63) is 69.4 Å². The van der Waals surface area contributed by atoms with Gasteiger partial charge in [-0.05, 0) is 36.8 Å². The van der Waals surface area contributed by atoms with Gasteiger partial charge >= 0.3 is 5.97 Å². The molecule has 0 radical (unpaired) electrons. The van der Waals surface area contributed by atoms with E-state index in [0.29, 0.717) is 35.9 Å². The molecule has 1 saturated heterocycles. The minimum Gasteiger partial charge on any atom is -0.477 e. The molecule has 2 aliphatic rings. The van der Waals surface area contributed by atoms with Gasteiger partial charge in [0.25, 0.3) is 0 Å². The van der Waals surface area contributed by atoms with Crippen LogP contribution in [0.1, 0.15) is 28.2 Å². The van der Waals surface area contributed by atoms with Crippen LogP contribution in [-0.2, 0) is 0 Å². The Bertz CT molecular complexity index is 1280. The van der Waals surface area contributed by atoms with Crippen molar-refractivity contribution >= 4 is 34.3 Å². The number of halogens is 2. The van der Waals surface area contributed by atoms with Crippen LogP contribution in [-0.4, -0.2) is 41.3 Å². The Morgan fingerprint density at radius 2 is 1.97 bits per heavy atom. The molecule has 5 rings (SSSR count). The summed E-state index contributed by atoms with van der Waals surface area (Å²) in [5.41, 5.74) is 0.561. The Morgan fingerprint density at radius 1 is 1.23 bits per heavy atom. The molecule has 0 aliphatic carbocycles. The van der Waals surface area contributed by atoms with Gasteiger partial charge in [0.2, 0.25) is 5.43 Å². The quantitative estimate of drug-likeness (QED) is 0.646. The van der Waals surface area contributed by atoms with Gasteiger partial charge in [0, 0.05) is 31.1 Å². The average Bonchev–Trinajstić information content (AvgIpc) is 2.72. The van der Waals surface area contributed by atoms with Crippen molar-refractivity contribution < 1.29 is 18.7 Å². The maximum atomic E-state index is 15.1. The number of rotatable bonds is 3. The van der Waals surface area contributed by atoms with E-state index < -0.39 is 17.2 Å². The third kappa shape index (κ3) is 3.11. The molecule has 0 saturated carbocycles. The SMILES string of the molecule is CC1CNCCN1c1cc2c(cc1F)c(=O)c(C(=O)O)c1n2C(c2ccc(F)cc2)S1. The van der Waals surface area contributed by atoms with Crippen molar-refractivity contribution in [2.24, 2.45) is 0 Å². The van der Waals surface area contributed by atoms with Crippen molar-refractivity contribution in [3.63, 3.8) is 0 Å². The topological polar surface area (TPSA) is 74.6 Å². The molecule has 0 bridgehead atoms. The molecule has 2 aromatic carbocycles. The zero-order chi connectivity index (χ0) is 21.9. The molecule has 0 spiro atoms. The number of benzene rings is 2. The lowest BCUT2D eigenvalue weighted by Crippen LogP contribution is -2.50. The molecule has 160 valence electrons. The molecule has 2 N–H and O–H groups in total. The van der Waals surface area contributed by atoms with E-state index in [1.165, 1.54) is 23.9 Å². The van der Waals surface area contributed by atoms with Crippen LogP contribution >= 0.6 is 11.8 Å². The lowest BCUT2D eigenvalue weighted by molar-refractivity contribution is 0.0689. The number of carboxylic acids is 1. The van der Waals surface area contributed by atoms with E-state index in [1.807, 2.05) is 11.8 Å². The van der Waals surface area contributed by atoms with Gasteiger partial charge in [-0.1, -0.05) is 23.9 Å².